The molecule has 0 radical (unpaired) electrons. The first kappa shape index (κ1) is 50.3. The molecular weight excluding hydrogens is 993 g/mol. The van der Waals surface area contributed by atoms with Crippen LogP contribution in [0.3, 0.4) is 0 Å². The van der Waals surface area contributed by atoms with Gasteiger partial charge in [0.25, 0.3) is 0 Å². The summed E-state index contributed by atoms with van der Waals surface area (Å²) in [6.07, 6.45) is 0. The van der Waals surface area contributed by atoms with Crippen molar-refractivity contribution in [1.82, 2.24) is 0 Å². The highest BCUT2D eigenvalue weighted by Crippen LogP contribution is 2.36. The van der Waals surface area contributed by atoms with Crippen LogP contribution < -0.4 is 23.7 Å². The lowest BCUT2D eigenvalue weighted by atomic mass is 10.3. The number of thioether (sulfide) groups is 3. The summed E-state index contributed by atoms with van der Waals surface area (Å²) in [5.74, 6) is 7.70. The fourth-order valence-electron chi connectivity index (χ4n) is 6.67. The molecule has 0 saturated heterocycles. The normalized spacial score (nSPS) is 18.8. The predicted molar refractivity (Wildman–Crippen MR) is 266 cm³/mol. The van der Waals surface area contributed by atoms with E-state index in [1.165, 1.54) is 50.5 Å². The standard InChI is InChI=1S/C8H8O4S2.C8H8O3S.C8H8O2S.C8H8O2.C8H8OS.C8H8S2/c9-13(10)5-6-14(11,12)8-4-2-1-3-7(8)13;9-12(10)6-5-11-7-3-1-2-4-8(7)12;9-11-6-5-10-7-3-1-2-4-8(7)11;3*1-2-4-8-7(3-1)9-5-6-10-8/h1-4H,5-6H2;1-4H,5-6H2;1-4H,5-6H2;3*1-4H,5-6H2. The molecule has 354 valence electrons. The summed E-state index contributed by atoms with van der Waals surface area (Å²) >= 11 is 5.80. The van der Waals surface area contributed by atoms with E-state index in [4.69, 9.17) is 23.7 Å². The molecule has 1 atom stereocenters. The van der Waals surface area contributed by atoms with Gasteiger partial charge in [0.05, 0.1) is 55.1 Å². The predicted octanol–water partition coefficient (Wildman–Crippen LogP) is 8.80. The minimum atomic E-state index is -3.39. The van der Waals surface area contributed by atoms with E-state index in [9.17, 15) is 29.5 Å². The summed E-state index contributed by atoms with van der Waals surface area (Å²) in [6.45, 7) is 3.01. The molecule has 12 nitrogen and oxygen atoms in total. The molecule has 0 saturated carbocycles. The molecule has 19 heteroatoms. The number of ether oxygens (including phenoxy) is 5. The van der Waals surface area contributed by atoms with Gasteiger partial charge < -0.3 is 23.7 Å². The maximum atomic E-state index is 11.5. The number of hydrogen-bond acceptors (Lipinski definition) is 15. The lowest BCUT2D eigenvalue weighted by Crippen LogP contribution is -2.25. The van der Waals surface area contributed by atoms with E-state index in [1.54, 1.807) is 24.3 Å². The fraction of sp³-hybridized carbons (Fsp3) is 0.250. The van der Waals surface area contributed by atoms with Gasteiger partial charge in [0.1, 0.15) is 48.6 Å². The largest absolute Gasteiger partial charge is 0.492 e. The molecule has 12 rings (SSSR count). The molecular formula is C48H48O12S7. The maximum Gasteiger partial charge on any atom is 0.185 e. The number of sulfone groups is 3. The Morgan fingerprint density at radius 1 is 0.358 bits per heavy atom. The van der Waals surface area contributed by atoms with Crippen LogP contribution in [0.1, 0.15) is 0 Å². The zero-order valence-corrected chi connectivity index (χ0v) is 41.8. The highest BCUT2D eigenvalue weighted by molar-refractivity contribution is 8.05. The number of benzene rings is 6. The molecule has 1 unspecified atom stereocenters. The molecule has 6 aromatic carbocycles. The first-order valence-electron chi connectivity index (χ1n) is 21.0. The lowest BCUT2D eigenvalue weighted by Gasteiger charge is -2.17. The molecule has 0 aromatic heterocycles. The molecule has 67 heavy (non-hydrogen) atoms. The van der Waals surface area contributed by atoms with E-state index in [2.05, 4.69) is 30.3 Å². The van der Waals surface area contributed by atoms with Crippen LogP contribution in [-0.4, -0.2) is 103 Å². The van der Waals surface area contributed by atoms with Crippen molar-refractivity contribution in [3.05, 3.63) is 146 Å². The maximum absolute atomic E-state index is 11.5. The number of hydrogen-bond donors (Lipinski definition) is 0. The summed E-state index contributed by atoms with van der Waals surface area (Å²) in [4.78, 5) is 5.21. The van der Waals surface area contributed by atoms with E-state index < -0.39 is 40.3 Å². The van der Waals surface area contributed by atoms with Crippen molar-refractivity contribution in [2.45, 2.75) is 34.3 Å². The van der Waals surface area contributed by atoms with E-state index >= 15 is 0 Å². The van der Waals surface area contributed by atoms with Gasteiger partial charge in [-0.2, -0.15) is 0 Å². The van der Waals surface area contributed by atoms with Gasteiger partial charge in [-0.3, -0.25) is 4.21 Å². The Morgan fingerprint density at radius 3 is 1.31 bits per heavy atom. The summed E-state index contributed by atoms with van der Waals surface area (Å²) < 4.78 is 107. The third-order valence-electron chi connectivity index (χ3n) is 9.90. The van der Waals surface area contributed by atoms with Gasteiger partial charge in [-0.1, -0.05) is 72.8 Å². The highest BCUT2D eigenvalue weighted by Gasteiger charge is 2.33. The minimum Gasteiger partial charge on any atom is -0.492 e. The van der Waals surface area contributed by atoms with Gasteiger partial charge in [0, 0.05) is 31.9 Å². The molecule has 6 aromatic rings. The van der Waals surface area contributed by atoms with Crippen molar-refractivity contribution in [1.29, 1.82) is 0 Å². The smallest absolute Gasteiger partial charge is 0.185 e. The number of para-hydroxylation sites is 5. The SMILES string of the molecule is O=S1(=O)CCOc2ccccc21.O=S1(=O)CCS(=O)(=O)c2ccccc21.O=S1CCOc2ccccc21.c1ccc2c(c1)OCCO2.c1ccc2c(c1)OCCS2.c1ccc2c(c1)SCCS2. The summed E-state index contributed by atoms with van der Waals surface area (Å²) in [6, 6.07) is 44.4. The Hall–Kier alpha value is -4.63. The molecule has 0 spiro atoms. The molecule has 0 aliphatic carbocycles. The van der Waals surface area contributed by atoms with Crippen molar-refractivity contribution in [2.75, 3.05) is 73.3 Å². The van der Waals surface area contributed by atoms with Crippen molar-refractivity contribution < 1.29 is 53.1 Å². The molecule has 0 bridgehead atoms. The van der Waals surface area contributed by atoms with E-state index in [1.807, 2.05) is 102 Å². The van der Waals surface area contributed by atoms with Crippen molar-refractivity contribution in [3.8, 4) is 28.7 Å². The second-order valence-electron chi connectivity index (χ2n) is 14.5. The van der Waals surface area contributed by atoms with Crippen molar-refractivity contribution in [2.24, 2.45) is 0 Å². The van der Waals surface area contributed by atoms with Crippen LogP contribution in [0.15, 0.2) is 180 Å². The first-order valence-corrected chi connectivity index (χ1v) is 30.3. The Labute approximate surface area is 407 Å². The molecule has 0 amide bonds. The third-order valence-corrected chi connectivity index (χ3v) is 20.5. The van der Waals surface area contributed by atoms with Crippen LogP contribution in [0.5, 0.6) is 28.7 Å². The van der Waals surface area contributed by atoms with Gasteiger partial charge in [0.2, 0.25) is 0 Å². The molecule has 0 fully saturated rings. The van der Waals surface area contributed by atoms with Crippen LogP contribution in [0.4, 0.5) is 0 Å². The monoisotopic (exact) mass is 1040 g/mol. The summed E-state index contributed by atoms with van der Waals surface area (Å²) in [5, 5.41) is 0. The minimum absolute atomic E-state index is 0.0637. The zero-order chi connectivity index (χ0) is 47.1. The van der Waals surface area contributed by atoms with Gasteiger partial charge >= 0.3 is 0 Å². The Bertz CT molecular complexity index is 2730. The average Bonchev–Trinajstić information content (AvgIpc) is 3.37. The van der Waals surface area contributed by atoms with E-state index in [0.717, 1.165) is 40.3 Å². The summed E-state index contributed by atoms with van der Waals surface area (Å²) in [5.41, 5.74) is 0. The number of rotatable bonds is 0. The Morgan fingerprint density at radius 2 is 0.761 bits per heavy atom. The molecule has 6 heterocycles. The average molecular weight is 1040 g/mol. The van der Waals surface area contributed by atoms with Crippen LogP contribution in [0.2, 0.25) is 0 Å². The first-order chi connectivity index (χ1) is 32.4. The van der Waals surface area contributed by atoms with E-state index in [-0.39, 0.29) is 33.7 Å². The third kappa shape index (κ3) is 14.0. The molecule has 6 aliphatic rings. The second-order valence-corrected chi connectivity index (χ2v) is 25.7. The molecule has 6 aliphatic heterocycles. The van der Waals surface area contributed by atoms with Crippen LogP contribution >= 0.6 is 35.3 Å². The van der Waals surface area contributed by atoms with Crippen LogP contribution in [0, 0.1) is 0 Å². The topological polar surface area (TPSA) is 166 Å². The van der Waals surface area contributed by atoms with Gasteiger partial charge in [-0.15, -0.1) is 35.3 Å². The van der Waals surface area contributed by atoms with Crippen molar-refractivity contribution >= 4 is 75.6 Å². The Kier molecular flexibility index (Phi) is 18.1. The number of fused-ring (bicyclic) bond motifs is 6. The van der Waals surface area contributed by atoms with Crippen LogP contribution in [-0.2, 0) is 40.3 Å². The zero-order valence-electron chi connectivity index (χ0n) is 36.1. The van der Waals surface area contributed by atoms with Gasteiger partial charge in [-0.25, -0.2) is 25.3 Å². The van der Waals surface area contributed by atoms with Crippen LogP contribution in [0.25, 0.3) is 0 Å². The summed E-state index contributed by atoms with van der Waals surface area (Å²) in [7, 11) is -10.7. The second kappa shape index (κ2) is 24.1. The molecule has 0 N–H and O–H groups in total. The van der Waals surface area contributed by atoms with Crippen molar-refractivity contribution in [3.63, 3.8) is 0 Å². The van der Waals surface area contributed by atoms with E-state index in [0.29, 0.717) is 36.2 Å². The Balaban J connectivity index is 0.000000120. The fourth-order valence-corrected chi connectivity index (χ4v) is 16.3. The van der Waals surface area contributed by atoms with Gasteiger partial charge in [-0.05, 0) is 72.8 Å². The van der Waals surface area contributed by atoms with Gasteiger partial charge in [0.15, 0.2) is 41.0 Å². The lowest BCUT2D eigenvalue weighted by molar-refractivity contribution is 0.171. The quantitative estimate of drug-likeness (QED) is 0.142. The highest BCUT2D eigenvalue weighted by atomic mass is 32.2.